The largest absolute Gasteiger partial charge is 0.482 e. The standard InChI is InChI=1S/C22H25N3O3/c1-17-6-8-18(9-7-17)20(15-25-10-12-27-13-11-25)24-22(26)16-28-21-5-3-2-4-19(21)14-23/h2-9,20H,10-13,15-16H2,1H3,(H,24,26)/p+1/t20-/m1/s1. The normalized spacial score (nSPS) is 15.4. The fraction of sp³-hybridized carbons (Fsp3) is 0.364. The van der Waals surface area contributed by atoms with Gasteiger partial charge in [0.2, 0.25) is 0 Å². The number of morpholine rings is 1. The molecule has 0 bridgehead atoms. The number of aryl methyl sites for hydroxylation is 1. The maximum Gasteiger partial charge on any atom is 0.258 e. The molecule has 0 aliphatic carbocycles. The van der Waals surface area contributed by atoms with Gasteiger partial charge in [0.1, 0.15) is 37.5 Å². The fourth-order valence-corrected chi connectivity index (χ4v) is 3.27. The average molecular weight is 380 g/mol. The van der Waals surface area contributed by atoms with Gasteiger partial charge in [0, 0.05) is 0 Å². The van der Waals surface area contributed by atoms with Gasteiger partial charge in [-0.25, -0.2) is 0 Å². The first-order valence-electron chi connectivity index (χ1n) is 9.55. The Labute approximate surface area is 165 Å². The monoisotopic (exact) mass is 380 g/mol. The van der Waals surface area contributed by atoms with E-state index in [9.17, 15) is 4.79 Å². The van der Waals surface area contributed by atoms with E-state index in [1.807, 2.05) is 6.92 Å². The van der Waals surface area contributed by atoms with Gasteiger partial charge in [-0.05, 0) is 24.6 Å². The highest BCUT2D eigenvalue weighted by molar-refractivity contribution is 5.78. The Hall–Kier alpha value is -2.88. The molecule has 6 heteroatoms. The molecule has 1 fully saturated rings. The molecule has 2 aromatic rings. The quantitative estimate of drug-likeness (QED) is 0.752. The van der Waals surface area contributed by atoms with Crippen molar-refractivity contribution in [1.29, 1.82) is 5.26 Å². The molecule has 2 N–H and O–H groups in total. The SMILES string of the molecule is Cc1ccc([C@@H](C[NH+]2CCOCC2)NC(=O)COc2ccccc2C#N)cc1. The van der Waals surface area contributed by atoms with Crippen LogP contribution in [-0.2, 0) is 9.53 Å². The highest BCUT2D eigenvalue weighted by Gasteiger charge is 2.23. The minimum atomic E-state index is -0.203. The number of para-hydroxylation sites is 1. The van der Waals surface area contributed by atoms with Crippen molar-refractivity contribution in [2.45, 2.75) is 13.0 Å². The van der Waals surface area contributed by atoms with Crippen molar-refractivity contribution in [2.24, 2.45) is 0 Å². The zero-order valence-corrected chi connectivity index (χ0v) is 16.1. The first-order chi connectivity index (χ1) is 13.7. The van der Waals surface area contributed by atoms with E-state index in [1.54, 1.807) is 24.3 Å². The molecule has 1 aliphatic rings. The van der Waals surface area contributed by atoms with Crippen molar-refractivity contribution >= 4 is 5.91 Å². The number of nitriles is 1. The maximum absolute atomic E-state index is 12.6. The Balaban J connectivity index is 1.64. The predicted molar refractivity (Wildman–Crippen MR) is 105 cm³/mol. The molecule has 0 aromatic heterocycles. The van der Waals surface area contributed by atoms with E-state index in [4.69, 9.17) is 14.7 Å². The Bertz CT molecular complexity index is 824. The average Bonchev–Trinajstić information content (AvgIpc) is 2.73. The van der Waals surface area contributed by atoms with E-state index < -0.39 is 0 Å². The van der Waals surface area contributed by atoms with Crippen LogP contribution in [-0.4, -0.2) is 45.4 Å². The van der Waals surface area contributed by atoms with Crippen molar-refractivity contribution < 1.29 is 19.2 Å². The van der Waals surface area contributed by atoms with Gasteiger partial charge >= 0.3 is 0 Å². The molecule has 1 aliphatic heterocycles. The summed E-state index contributed by atoms with van der Waals surface area (Å²) in [5, 5.41) is 12.2. The third-order valence-electron chi connectivity index (χ3n) is 4.87. The van der Waals surface area contributed by atoms with Crippen molar-refractivity contribution in [2.75, 3.05) is 39.5 Å². The molecule has 3 rings (SSSR count). The molecule has 0 unspecified atom stereocenters. The number of rotatable bonds is 7. The van der Waals surface area contributed by atoms with Crippen molar-refractivity contribution in [3.8, 4) is 11.8 Å². The number of ether oxygens (including phenoxy) is 2. The molecular formula is C22H26N3O3+. The Morgan fingerprint density at radius 3 is 2.64 bits per heavy atom. The number of nitrogens with zero attached hydrogens (tertiary/aromatic N) is 1. The number of quaternary nitrogens is 1. The smallest absolute Gasteiger partial charge is 0.258 e. The number of amides is 1. The van der Waals surface area contributed by atoms with Gasteiger partial charge in [0.25, 0.3) is 5.91 Å². The molecule has 1 heterocycles. The van der Waals surface area contributed by atoms with Gasteiger partial charge in [-0.15, -0.1) is 0 Å². The third-order valence-corrected chi connectivity index (χ3v) is 4.87. The van der Waals surface area contributed by atoms with E-state index in [0.717, 1.165) is 38.4 Å². The van der Waals surface area contributed by atoms with Gasteiger partial charge < -0.3 is 19.7 Å². The van der Waals surface area contributed by atoms with Crippen LogP contribution in [0.5, 0.6) is 5.75 Å². The van der Waals surface area contributed by atoms with Gasteiger partial charge in [-0.3, -0.25) is 4.79 Å². The summed E-state index contributed by atoms with van der Waals surface area (Å²) in [5.41, 5.74) is 2.68. The van der Waals surface area contributed by atoms with Crippen LogP contribution in [0.2, 0.25) is 0 Å². The lowest BCUT2D eigenvalue weighted by molar-refractivity contribution is -0.909. The molecule has 1 atom stereocenters. The molecule has 0 spiro atoms. The summed E-state index contributed by atoms with van der Waals surface area (Å²) >= 11 is 0. The lowest BCUT2D eigenvalue weighted by atomic mass is 10.0. The predicted octanol–water partition coefficient (Wildman–Crippen LogP) is 1.02. The number of hydrogen-bond acceptors (Lipinski definition) is 4. The lowest BCUT2D eigenvalue weighted by Gasteiger charge is -2.28. The van der Waals surface area contributed by atoms with Crippen LogP contribution in [0, 0.1) is 18.3 Å². The van der Waals surface area contributed by atoms with Crippen molar-refractivity contribution in [3.63, 3.8) is 0 Å². The lowest BCUT2D eigenvalue weighted by Crippen LogP contribution is -3.14. The summed E-state index contributed by atoms with van der Waals surface area (Å²) in [6.45, 7) is 6.09. The van der Waals surface area contributed by atoms with Crippen LogP contribution in [0.15, 0.2) is 48.5 Å². The summed E-state index contributed by atoms with van der Waals surface area (Å²) < 4.78 is 11.0. The molecular weight excluding hydrogens is 354 g/mol. The summed E-state index contributed by atoms with van der Waals surface area (Å²) in [6.07, 6.45) is 0. The molecule has 6 nitrogen and oxygen atoms in total. The fourth-order valence-electron chi connectivity index (χ4n) is 3.27. The molecule has 146 valence electrons. The molecule has 0 radical (unpaired) electrons. The van der Waals surface area contributed by atoms with Crippen LogP contribution >= 0.6 is 0 Å². The van der Waals surface area contributed by atoms with Gasteiger partial charge in [0.15, 0.2) is 6.61 Å². The zero-order chi connectivity index (χ0) is 19.8. The molecule has 2 aromatic carbocycles. The zero-order valence-electron chi connectivity index (χ0n) is 16.1. The highest BCUT2D eigenvalue weighted by atomic mass is 16.5. The first kappa shape index (κ1) is 19.9. The highest BCUT2D eigenvalue weighted by Crippen LogP contribution is 2.17. The minimum Gasteiger partial charge on any atom is -0.482 e. The number of carbonyl (C=O) groups excluding carboxylic acids is 1. The number of hydrogen-bond donors (Lipinski definition) is 2. The Morgan fingerprint density at radius 2 is 1.93 bits per heavy atom. The number of benzene rings is 2. The summed E-state index contributed by atoms with van der Waals surface area (Å²) in [7, 11) is 0. The first-order valence-corrected chi connectivity index (χ1v) is 9.55. The van der Waals surface area contributed by atoms with E-state index in [1.165, 1.54) is 10.5 Å². The topological polar surface area (TPSA) is 75.8 Å². The van der Waals surface area contributed by atoms with E-state index in [2.05, 4.69) is 35.7 Å². The van der Waals surface area contributed by atoms with Gasteiger partial charge in [0.05, 0.1) is 18.8 Å². The number of nitrogens with one attached hydrogen (secondary N) is 2. The van der Waals surface area contributed by atoms with Crippen LogP contribution < -0.4 is 15.0 Å². The summed E-state index contributed by atoms with van der Waals surface area (Å²) in [4.78, 5) is 14.0. The second-order valence-electron chi connectivity index (χ2n) is 6.99. The Kier molecular flexibility index (Phi) is 7.01. The van der Waals surface area contributed by atoms with Crippen molar-refractivity contribution in [3.05, 3.63) is 65.2 Å². The number of carbonyl (C=O) groups is 1. The van der Waals surface area contributed by atoms with Crippen LogP contribution in [0.1, 0.15) is 22.7 Å². The van der Waals surface area contributed by atoms with E-state index in [0.29, 0.717) is 11.3 Å². The molecule has 28 heavy (non-hydrogen) atoms. The van der Waals surface area contributed by atoms with Gasteiger partial charge in [-0.2, -0.15) is 5.26 Å². The summed E-state index contributed by atoms with van der Waals surface area (Å²) in [6, 6.07) is 17.1. The van der Waals surface area contributed by atoms with E-state index >= 15 is 0 Å². The second kappa shape index (κ2) is 9.88. The Morgan fingerprint density at radius 1 is 1.21 bits per heavy atom. The van der Waals surface area contributed by atoms with Crippen LogP contribution in [0.25, 0.3) is 0 Å². The molecule has 1 saturated heterocycles. The second-order valence-corrected chi connectivity index (χ2v) is 6.99. The third kappa shape index (κ3) is 5.56. The van der Waals surface area contributed by atoms with E-state index in [-0.39, 0.29) is 18.6 Å². The van der Waals surface area contributed by atoms with Crippen LogP contribution in [0.3, 0.4) is 0 Å². The minimum absolute atomic E-state index is 0.101. The van der Waals surface area contributed by atoms with Gasteiger partial charge in [-0.1, -0.05) is 42.0 Å². The molecule has 1 amide bonds. The molecule has 0 saturated carbocycles. The van der Waals surface area contributed by atoms with Crippen LogP contribution in [0.4, 0.5) is 0 Å². The van der Waals surface area contributed by atoms with Crippen molar-refractivity contribution in [1.82, 2.24) is 5.32 Å². The maximum atomic E-state index is 12.6. The summed E-state index contributed by atoms with van der Waals surface area (Å²) in [5.74, 6) is 0.219.